The van der Waals surface area contributed by atoms with Crippen molar-refractivity contribution in [3.63, 3.8) is 0 Å². The molecule has 0 aliphatic heterocycles. The minimum Gasteiger partial charge on any atom is -0.298 e. The Morgan fingerprint density at radius 3 is 2.62 bits per heavy atom. The zero-order valence-corrected chi connectivity index (χ0v) is 10.1. The van der Waals surface area contributed by atoms with Crippen molar-refractivity contribution in [2.24, 2.45) is 0 Å². The van der Waals surface area contributed by atoms with Gasteiger partial charge < -0.3 is 0 Å². The summed E-state index contributed by atoms with van der Waals surface area (Å²) in [4.78, 5) is 11.0. The fraction of sp³-hybridized carbons (Fsp3) is 0.214. The van der Waals surface area contributed by atoms with E-state index in [0.717, 1.165) is 18.3 Å². The molecule has 0 atom stereocenters. The Kier molecular flexibility index (Phi) is 2.97. The minimum atomic E-state index is 0.603. The van der Waals surface area contributed by atoms with Gasteiger partial charge in [0.1, 0.15) is 0 Å². The van der Waals surface area contributed by atoms with Gasteiger partial charge in [0, 0.05) is 10.6 Å². The van der Waals surface area contributed by atoms with Crippen molar-refractivity contribution in [3.05, 3.63) is 51.6 Å². The van der Waals surface area contributed by atoms with Gasteiger partial charge in [-0.1, -0.05) is 34.9 Å². The first kappa shape index (κ1) is 11.2. The van der Waals surface area contributed by atoms with Gasteiger partial charge in [0.15, 0.2) is 6.29 Å². The van der Waals surface area contributed by atoms with Crippen LogP contribution >= 0.6 is 11.6 Å². The number of hydrogen-bond donors (Lipinski definition) is 0. The molecule has 0 aromatic heterocycles. The van der Waals surface area contributed by atoms with Crippen molar-refractivity contribution in [2.75, 3.05) is 0 Å². The van der Waals surface area contributed by atoms with Crippen molar-refractivity contribution in [2.45, 2.75) is 20.3 Å². The normalized spacial score (nSPS) is 15.3. The third kappa shape index (κ3) is 1.96. The lowest BCUT2D eigenvalue weighted by atomic mass is 9.98. The molecule has 0 unspecified atom stereocenters. The van der Waals surface area contributed by atoms with Gasteiger partial charge in [-0.25, -0.2) is 0 Å². The van der Waals surface area contributed by atoms with Crippen LogP contribution in [0.3, 0.4) is 0 Å². The Hall–Kier alpha value is -1.34. The SMILES string of the molecule is CC1=C(C)CC(c2ccc(Cl)cc2C=O)=C1. The lowest BCUT2D eigenvalue weighted by Crippen LogP contribution is -1.91. The predicted molar refractivity (Wildman–Crippen MR) is 67.8 cm³/mol. The van der Waals surface area contributed by atoms with Crippen LogP contribution in [0.4, 0.5) is 0 Å². The molecule has 0 radical (unpaired) electrons. The summed E-state index contributed by atoms with van der Waals surface area (Å²) in [5.41, 5.74) is 5.52. The monoisotopic (exact) mass is 232 g/mol. The summed E-state index contributed by atoms with van der Waals surface area (Å²) < 4.78 is 0. The highest BCUT2D eigenvalue weighted by Gasteiger charge is 2.14. The van der Waals surface area contributed by atoms with E-state index in [9.17, 15) is 4.79 Å². The van der Waals surface area contributed by atoms with Gasteiger partial charge in [-0.15, -0.1) is 0 Å². The molecule has 1 aromatic rings. The molecule has 16 heavy (non-hydrogen) atoms. The van der Waals surface area contributed by atoms with E-state index in [1.807, 2.05) is 12.1 Å². The lowest BCUT2D eigenvalue weighted by molar-refractivity contribution is 0.112. The largest absolute Gasteiger partial charge is 0.298 e. The summed E-state index contributed by atoms with van der Waals surface area (Å²) in [5, 5.41) is 0.603. The first-order valence-corrected chi connectivity index (χ1v) is 5.61. The number of benzene rings is 1. The van der Waals surface area contributed by atoms with Crippen LogP contribution in [0.2, 0.25) is 5.02 Å². The molecule has 0 fully saturated rings. The number of rotatable bonds is 2. The molecule has 0 bridgehead atoms. The van der Waals surface area contributed by atoms with Crippen LogP contribution in [-0.2, 0) is 0 Å². The van der Waals surface area contributed by atoms with Gasteiger partial charge >= 0.3 is 0 Å². The van der Waals surface area contributed by atoms with Crippen LogP contribution in [-0.4, -0.2) is 6.29 Å². The molecule has 0 saturated heterocycles. The fourth-order valence-electron chi connectivity index (χ4n) is 1.96. The van der Waals surface area contributed by atoms with Crippen LogP contribution in [0.1, 0.15) is 36.2 Å². The van der Waals surface area contributed by atoms with Crippen molar-refractivity contribution < 1.29 is 4.79 Å². The maximum absolute atomic E-state index is 11.0. The van der Waals surface area contributed by atoms with Crippen molar-refractivity contribution >= 4 is 23.5 Å². The average Bonchev–Trinajstić information content (AvgIpc) is 2.59. The number of aldehydes is 1. The predicted octanol–water partition coefficient (Wildman–Crippen LogP) is 4.28. The van der Waals surface area contributed by atoms with Gasteiger partial charge in [0.2, 0.25) is 0 Å². The van der Waals surface area contributed by atoms with E-state index in [1.165, 1.54) is 16.7 Å². The number of halogens is 1. The Labute approximate surface area is 100 Å². The summed E-state index contributed by atoms with van der Waals surface area (Å²) in [6, 6.07) is 5.46. The molecule has 1 aliphatic carbocycles. The van der Waals surface area contributed by atoms with Gasteiger partial charge in [0.25, 0.3) is 0 Å². The Morgan fingerprint density at radius 2 is 2.06 bits per heavy atom. The highest BCUT2D eigenvalue weighted by molar-refractivity contribution is 6.30. The quantitative estimate of drug-likeness (QED) is 0.696. The molecule has 0 amide bonds. The summed E-state index contributed by atoms with van der Waals surface area (Å²) in [6.45, 7) is 4.22. The molecular weight excluding hydrogens is 220 g/mol. The Bertz CT molecular complexity index is 509. The molecule has 0 saturated carbocycles. The second-order valence-electron chi connectivity index (χ2n) is 4.16. The van der Waals surface area contributed by atoms with Crippen LogP contribution in [0, 0.1) is 0 Å². The van der Waals surface area contributed by atoms with Crippen LogP contribution in [0.15, 0.2) is 35.4 Å². The molecular formula is C14H13ClO. The van der Waals surface area contributed by atoms with E-state index in [0.29, 0.717) is 10.6 Å². The smallest absolute Gasteiger partial charge is 0.150 e. The first-order valence-electron chi connectivity index (χ1n) is 5.24. The average molecular weight is 233 g/mol. The number of allylic oxidation sites excluding steroid dienone is 4. The molecule has 0 heterocycles. The zero-order valence-electron chi connectivity index (χ0n) is 9.38. The molecule has 0 N–H and O–H groups in total. The minimum absolute atomic E-state index is 0.603. The maximum Gasteiger partial charge on any atom is 0.150 e. The second-order valence-corrected chi connectivity index (χ2v) is 4.60. The Balaban J connectivity index is 2.44. The molecule has 82 valence electrons. The second kappa shape index (κ2) is 4.26. The van der Waals surface area contributed by atoms with Crippen molar-refractivity contribution in [1.82, 2.24) is 0 Å². The molecule has 1 nitrogen and oxygen atoms in total. The molecule has 2 heteroatoms. The summed E-state index contributed by atoms with van der Waals surface area (Å²) in [6.07, 6.45) is 3.94. The summed E-state index contributed by atoms with van der Waals surface area (Å²) >= 11 is 5.87. The standard InChI is InChI=1S/C14H13ClO/c1-9-5-11(6-10(9)2)14-4-3-13(15)7-12(14)8-16/h3-5,7-8H,6H2,1-2H3. The highest BCUT2D eigenvalue weighted by atomic mass is 35.5. The number of carbonyl (C=O) groups excluding carboxylic acids is 1. The fourth-order valence-corrected chi connectivity index (χ4v) is 2.14. The van der Waals surface area contributed by atoms with E-state index < -0.39 is 0 Å². The topological polar surface area (TPSA) is 17.1 Å². The van der Waals surface area contributed by atoms with E-state index in [2.05, 4.69) is 19.9 Å². The van der Waals surface area contributed by atoms with E-state index >= 15 is 0 Å². The van der Waals surface area contributed by atoms with Crippen LogP contribution in [0.25, 0.3) is 5.57 Å². The van der Waals surface area contributed by atoms with Crippen molar-refractivity contribution in [1.29, 1.82) is 0 Å². The highest BCUT2D eigenvalue weighted by Crippen LogP contribution is 2.33. The van der Waals surface area contributed by atoms with Gasteiger partial charge in [-0.05, 0) is 43.5 Å². The van der Waals surface area contributed by atoms with Gasteiger partial charge in [0.05, 0.1) is 0 Å². The van der Waals surface area contributed by atoms with E-state index in [-0.39, 0.29) is 0 Å². The van der Waals surface area contributed by atoms with Crippen LogP contribution < -0.4 is 0 Å². The van der Waals surface area contributed by atoms with Gasteiger partial charge in [-0.2, -0.15) is 0 Å². The zero-order chi connectivity index (χ0) is 11.7. The maximum atomic E-state index is 11.0. The van der Waals surface area contributed by atoms with Crippen LogP contribution in [0.5, 0.6) is 0 Å². The van der Waals surface area contributed by atoms with E-state index in [4.69, 9.17) is 11.6 Å². The third-order valence-corrected chi connectivity index (χ3v) is 3.24. The lowest BCUT2D eigenvalue weighted by Gasteiger charge is -2.06. The molecule has 1 aliphatic rings. The number of carbonyl (C=O) groups is 1. The van der Waals surface area contributed by atoms with Gasteiger partial charge in [-0.3, -0.25) is 4.79 Å². The van der Waals surface area contributed by atoms with Crippen molar-refractivity contribution in [3.8, 4) is 0 Å². The molecule has 1 aromatic carbocycles. The molecule has 2 rings (SSSR count). The van der Waals surface area contributed by atoms with E-state index in [1.54, 1.807) is 6.07 Å². The summed E-state index contributed by atoms with van der Waals surface area (Å²) in [5.74, 6) is 0. The Morgan fingerprint density at radius 1 is 1.31 bits per heavy atom. The molecule has 0 spiro atoms. The number of hydrogen-bond acceptors (Lipinski definition) is 1. The summed E-state index contributed by atoms with van der Waals surface area (Å²) in [7, 11) is 0. The first-order chi connectivity index (χ1) is 7.61. The third-order valence-electron chi connectivity index (χ3n) is 3.01.